The molecule has 71 heavy (non-hydrogen) atoms. The van der Waals surface area contributed by atoms with Gasteiger partial charge in [0.1, 0.15) is 6.04 Å². The predicted octanol–water partition coefficient (Wildman–Crippen LogP) is 14.9. The molecule has 1 aliphatic heterocycles. The molecule has 1 aliphatic rings. The second kappa shape index (κ2) is 43.5. The summed E-state index contributed by atoms with van der Waals surface area (Å²) in [6, 6.07) is -0.0371. The van der Waals surface area contributed by atoms with Crippen LogP contribution >= 0.6 is 0 Å². The third kappa shape index (κ3) is 33.7. The number of esters is 1. The summed E-state index contributed by atoms with van der Waals surface area (Å²) in [5, 5.41) is 10.6. The number of aliphatic hydroxyl groups excluding tert-OH is 1. The first kappa shape index (κ1) is 67.3. The highest BCUT2D eigenvalue weighted by molar-refractivity contribution is 5.82. The van der Waals surface area contributed by atoms with E-state index in [9.17, 15) is 19.5 Å². The second-order valence-electron chi connectivity index (χ2n) is 23.3. The fourth-order valence-electron chi connectivity index (χ4n) is 10.9. The minimum Gasteiger partial charge on any atom is -0.465 e. The topological polar surface area (TPSA) is 103 Å². The van der Waals surface area contributed by atoms with Crippen molar-refractivity contribution in [3.05, 3.63) is 0 Å². The van der Waals surface area contributed by atoms with Crippen molar-refractivity contribution in [2.75, 3.05) is 61.0 Å². The minimum atomic E-state index is -0.860. The van der Waals surface area contributed by atoms with Crippen LogP contribution in [0.15, 0.2) is 0 Å². The Morgan fingerprint density at radius 3 is 1.68 bits per heavy atom. The number of nitrogens with zero attached hydrogens (tertiary/aromatic N) is 4. The van der Waals surface area contributed by atoms with E-state index < -0.39 is 11.7 Å². The van der Waals surface area contributed by atoms with Crippen LogP contribution in [-0.4, -0.2) is 128 Å². The zero-order valence-corrected chi connectivity index (χ0v) is 48.9. The molecule has 0 radical (unpaired) electrons. The van der Waals surface area contributed by atoms with Crippen LogP contribution in [0.5, 0.6) is 0 Å². The number of unbranched alkanes of at least 4 members (excludes halogenated alkanes) is 21. The molecule has 0 aromatic carbocycles. The fourth-order valence-corrected chi connectivity index (χ4v) is 10.9. The van der Waals surface area contributed by atoms with Crippen molar-refractivity contribution in [3.8, 4) is 0 Å². The van der Waals surface area contributed by atoms with Crippen LogP contribution in [-0.2, 0) is 23.9 Å². The summed E-state index contributed by atoms with van der Waals surface area (Å²) in [4.78, 5) is 48.9. The van der Waals surface area contributed by atoms with Crippen LogP contribution in [0, 0.1) is 11.3 Å². The van der Waals surface area contributed by atoms with Crippen molar-refractivity contribution in [2.24, 2.45) is 11.3 Å². The number of likely N-dealkylation sites (tertiary alicyclic amines) is 1. The van der Waals surface area contributed by atoms with E-state index in [0.29, 0.717) is 38.5 Å². The smallest absolute Gasteiger partial charge is 0.323 e. The molecule has 10 nitrogen and oxygen atoms in total. The summed E-state index contributed by atoms with van der Waals surface area (Å²) in [5.41, 5.74) is -0.396. The standard InChI is InChI=1S/C61H120N4O6/c1-11-15-19-21-24-32-42-54(43-33-25-22-20-16-12-2)64(10)60(69)61(5,6)46-35-27-29-37-50-70-59(68)56-51-55(71-58(67)45-49-62(7)8)52-65(56)48-36-28-23-26-34-44-57(66)63(9)47-38-41-53(39-30-17-13-3)40-31-18-14-4/h53-56,58,67H,11-52H2,1-10H3/t55-,56-,58?/m0/s1. The van der Waals surface area contributed by atoms with Crippen molar-refractivity contribution >= 4 is 17.8 Å². The molecule has 2 amide bonds. The van der Waals surface area contributed by atoms with Crippen LogP contribution in [0.4, 0.5) is 0 Å². The summed E-state index contributed by atoms with van der Waals surface area (Å²) in [7, 11) is 8.02. The number of amides is 2. The lowest BCUT2D eigenvalue weighted by Gasteiger charge is -2.35. The monoisotopic (exact) mass is 1000 g/mol. The molecule has 1 saturated heterocycles. The van der Waals surface area contributed by atoms with Gasteiger partial charge in [-0.2, -0.15) is 0 Å². The van der Waals surface area contributed by atoms with E-state index in [0.717, 1.165) is 109 Å². The van der Waals surface area contributed by atoms with Crippen molar-refractivity contribution in [2.45, 2.75) is 304 Å². The maximum absolute atomic E-state index is 14.0. The summed E-state index contributed by atoms with van der Waals surface area (Å²) < 4.78 is 12.0. The Balaban J connectivity index is 2.57. The number of hydrogen-bond donors (Lipinski definition) is 1. The lowest BCUT2D eigenvalue weighted by atomic mass is 9.84. The average Bonchev–Trinajstić information content (AvgIpc) is 3.75. The van der Waals surface area contributed by atoms with E-state index in [-0.39, 0.29) is 29.9 Å². The summed E-state index contributed by atoms with van der Waals surface area (Å²) >= 11 is 0. The van der Waals surface area contributed by atoms with Gasteiger partial charge in [-0.05, 0) is 77.9 Å². The molecule has 3 atom stereocenters. The molecule has 0 bridgehead atoms. The molecule has 1 unspecified atom stereocenters. The van der Waals surface area contributed by atoms with Crippen LogP contribution in [0.1, 0.15) is 279 Å². The van der Waals surface area contributed by atoms with Crippen molar-refractivity contribution in [1.29, 1.82) is 0 Å². The average molecular weight is 1010 g/mol. The molecule has 1 heterocycles. The van der Waals surface area contributed by atoms with Gasteiger partial charge in [0.2, 0.25) is 11.8 Å². The van der Waals surface area contributed by atoms with Crippen LogP contribution in [0.2, 0.25) is 0 Å². The van der Waals surface area contributed by atoms with E-state index >= 15 is 0 Å². The first-order valence-corrected chi connectivity index (χ1v) is 30.6. The van der Waals surface area contributed by atoms with Gasteiger partial charge in [0, 0.05) is 64.4 Å². The molecule has 0 spiro atoms. The van der Waals surface area contributed by atoms with Gasteiger partial charge in [-0.3, -0.25) is 19.3 Å². The zero-order valence-electron chi connectivity index (χ0n) is 48.9. The molecule has 0 aromatic heterocycles. The Morgan fingerprint density at radius 2 is 1.08 bits per heavy atom. The van der Waals surface area contributed by atoms with E-state index in [1.165, 1.54) is 135 Å². The fraction of sp³-hybridized carbons (Fsp3) is 0.951. The van der Waals surface area contributed by atoms with Crippen molar-refractivity contribution in [3.63, 3.8) is 0 Å². The van der Waals surface area contributed by atoms with Crippen molar-refractivity contribution in [1.82, 2.24) is 19.6 Å². The van der Waals surface area contributed by atoms with Gasteiger partial charge in [-0.1, -0.05) is 208 Å². The largest absolute Gasteiger partial charge is 0.465 e. The Labute approximate surface area is 440 Å². The number of hydrogen-bond acceptors (Lipinski definition) is 8. The predicted molar refractivity (Wildman–Crippen MR) is 301 cm³/mol. The molecule has 1 N–H and O–H groups in total. The first-order valence-electron chi connectivity index (χ1n) is 30.6. The third-order valence-electron chi connectivity index (χ3n) is 15.8. The van der Waals surface area contributed by atoms with Gasteiger partial charge in [0.15, 0.2) is 6.29 Å². The summed E-state index contributed by atoms with van der Waals surface area (Å²) in [6.45, 7) is 16.8. The van der Waals surface area contributed by atoms with Gasteiger partial charge < -0.3 is 29.3 Å². The highest BCUT2D eigenvalue weighted by atomic mass is 16.6. The number of rotatable bonds is 49. The Morgan fingerprint density at radius 1 is 0.592 bits per heavy atom. The highest BCUT2D eigenvalue weighted by Crippen LogP contribution is 2.30. The molecule has 420 valence electrons. The normalized spacial score (nSPS) is 15.9. The number of ether oxygens (including phenoxy) is 2. The van der Waals surface area contributed by atoms with Crippen molar-refractivity contribution < 1.29 is 29.0 Å². The molecule has 1 fully saturated rings. The van der Waals surface area contributed by atoms with E-state index in [4.69, 9.17) is 9.47 Å². The van der Waals surface area contributed by atoms with Crippen LogP contribution in [0.25, 0.3) is 0 Å². The first-order chi connectivity index (χ1) is 34.2. The molecular weight excluding hydrogens is 885 g/mol. The number of carbonyl (C=O) groups is 3. The van der Waals surface area contributed by atoms with Gasteiger partial charge in [0.05, 0.1) is 12.7 Å². The Hall–Kier alpha value is -1.75. The van der Waals surface area contributed by atoms with Gasteiger partial charge in [-0.15, -0.1) is 0 Å². The number of aliphatic hydroxyl groups is 1. The molecule has 0 aliphatic carbocycles. The highest BCUT2D eigenvalue weighted by Gasteiger charge is 2.39. The number of carbonyl (C=O) groups excluding carboxylic acids is 3. The Kier molecular flexibility index (Phi) is 41.2. The van der Waals surface area contributed by atoms with Crippen LogP contribution in [0.3, 0.4) is 0 Å². The third-order valence-corrected chi connectivity index (χ3v) is 15.8. The second-order valence-corrected chi connectivity index (χ2v) is 23.3. The van der Waals surface area contributed by atoms with E-state index in [1.807, 2.05) is 30.9 Å². The molecule has 10 heteroatoms. The lowest BCUT2D eigenvalue weighted by molar-refractivity contribution is -0.150. The SMILES string of the molecule is CCCCCCCCC(CCCCCCCC)N(C)C(=O)C(C)(C)CCCCCCOC(=O)[C@@H]1C[C@H](OC(O)CCN(C)C)CN1CCCCCCCC(=O)N(C)CCCC(CCCCC)CCCCC. The zero-order chi connectivity index (χ0) is 52.5. The summed E-state index contributed by atoms with van der Waals surface area (Å²) in [6.07, 6.45) is 40.9. The van der Waals surface area contributed by atoms with E-state index in [1.54, 1.807) is 0 Å². The molecular formula is C61H120N4O6. The Bertz CT molecular complexity index is 1260. The van der Waals surface area contributed by atoms with Gasteiger partial charge in [-0.25, -0.2) is 0 Å². The van der Waals surface area contributed by atoms with Gasteiger partial charge >= 0.3 is 5.97 Å². The lowest BCUT2D eigenvalue weighted by Crippen LogP contribution is -2.44. The molecule has 0 aromatic rings. The van der Waals surface area contributed by atoms with Gasteiger partial charge in [0.25, 0.3) is 0 Å². The quantitative estimate of drug-likeness (QED) is 0.0365. The maximum atomic E-state index is 14.0. The molecule has 1 rings (SSSR count). The van der Waals surface area contributed by atoms with E-state index in [2.05, 4.69) is 58.4 Å². The van der Waals surface area contributed by atoms with Crippen LogP contribution < -0.4 is 0 Å². The maximum Gasteiger partial charge on any atom is 0.323 e. The minimum absolute atomic E-state index is 0.184. The summed E-state index contributed by atoms with van der Waals surface area (Å²) in [5.74, 6) is 1.19. The molecule has 0 saturated carbocycles.